The summed E-state index contributed by atoms with van der Waals surface area (Å²) in [5.74, 6) is 3.01. The van der Waals surface area contributed by atoms with E-state index in [2.05, 4.69) is 86.0 Å². The van der Waals surface area contributed by atoms with Crippen molar-refractivity contribution in [2.75, 3.05) is 40.9 Å². The quantitative estimate of drug-likeness (QED) is 0.643. The molecular formula is C23H28N6. The second-order valence-corrected chi connectivity index (χ2v) is 7.60. The Morgan fingerprint density at radius 1 is 0.828 bits per heavy atom. The van der Waals surface area contributed by atoms with Gasteiger partial charge >= 0.3 is 0 Å². The minimum absolute atomic E-state index is 0.346. The lowest BCUT2D eigenvalue weighted by molar-refractivity contribution is 0.638. The van der Waals surface area contributed by atoms with Gasteiger partial charge in [0.05, 0.1) is 0 Å². The lowest BCUT2D eigenvalue weighted by Gasteiger charge is -2.36. The molecule has 1 aromatic carbocycles. The molecule has 29 heavy (non-hydrogen) atoms. The molecule has 6 nitrogen and oxygen atoms in total. The summed E-state index contributed by atoms with van der Waals surface area (Å²) in [6.45, 7) is 8.97. The number of rotatable bonds is 6. The number of hydrogen-bond donors (Lipinski definition) is 0. The maximum Gasteiger partial charge on any atom is 0.134 e. The van der Waals surface area contributed by atoms with E-state index in [9.17, 15) is 0 Å². The standard InChI is InChI=1S/C23H28N6/c1-19(2)29(17-20-8-4-3-5-9-20)23-16-22(25-18-26-23)28-14-12-27(13-15-28)21-10-6-7-11-24-21/h3-11,16,18-19H,12-15,17H2,1-2H3. The molecule has 0 N–H and O–H groups in total. The first kappa shape index (κ1) is 19.2. The van der Waals surface area contributed by atoms with Crippen LogP contribution in [-0.4, -0.2) is 47.2 Å². The number of pyridine rings is 1. The van der Waals surface area contributed by atoms with Crippen LogP contribution in [0.1, 0.15) is 19.4 Å². The van der Waals surface area contributed by atoms with Crippen LogP contribution in [0.25, 0.3) is 0 Å². The Hall–Kier alpha value is -3.15. The molecule has 1 fully saturated rings. The number of anilines is 3. The average molecular weight is 389 g/mol. The highest BCUT2D eigenvalue weighted by Crippen LogP contribution is 2.23. The van der Waals surface area contributed by atoms with E-state index in [0.717, 1.165) is 50.2 Å². The van der Waals surface area contributed by atoms with E-state index < -0.39 is 0 Å². The van der Waals surface area contributed by atoms with Gasteiger partial charge in [0.15, 0.2) is 0 Å². The molecule has 0 unspecified atom stereocenters. The molecule has 0 amide bonds. The first-order chi connectivity index (χ1) is 14.2. The Labute approximate surface area is 172 Å². The summed E-state index contributed by atoms with van der Waals surface area (Å²) in [7, 11) is 0. The van der Waals surface area contributed by atoms with Gasteiger partial charge in [-0.25, -0.2) is 15.0 Å². The van der Waals surface area contributed by atoms with Crippen molar-refractivity contribution >= 4 is 17.5 Å². The zero-order chi connectivity index (χ0) is 20.1. The van der Waals surface area contributed by atoms with Gasteiger partial charge in [-0.05, 0) is 31.5 Å². The smallest absolute Gasteiger partial charge is 0.134 e. The fourth-order valence-electron chi connectivity index (χ4n) is 3.68. The number of aromatic nitrogens is 3. The molecular weight excluding hydrogens is 360 g/mol. The lowest BCUT2D eigenvalue weighted by atomic mass is 10.2. The monoisotopic (exact) mass is 388 g/mol. The third kappa shape index (κ3) is 4.65. The summed E-state index contributed by atoms with van der Waals surface area (Å²) in [4.78, 5) is 20.6. The van der Waals surface area contributed by atoms with Crippen LogP contribution in [0.15, 0.2) is 67.1 Å². The van der Waals surface area contributed by atoms with Crippen LogP contribution < -0.4 is 14.7 Å². The van der Waals surface area contributed by atoms with Gasteiger partial charge in [-0.15, -0.1) is 0 Å². The van der Waals surface area contributed by atoms with Crippen LogP contribution in [0.2, 0.25) is 0 Å². The predicted molar refractivity (Wildman–Crippen MR) is 118 cm³/mol. The highest BCUT2D eigenvalue weighted by Gasteiger charge is 2.21. The summed E-state index contributed by atoms with van der Waals surface area (Å²) in [5.41, 5.74) is 1.28. The third-order valence-corrected chi connectivity index (χ3v) is 5.33. The van der Waals surface area contributed by atoms with Gasteiger partial charge in [-0.1, -0.05) is 36.4 Å². The highest BCUT2D eigenvalue weighted by molar-refractivity contribution is 5.52. The molecule has 0 spiro atoms. The van der Waals surface area contributed by atoms with Crippen molar-refractivity contribution in [1.29, 1.82) is 0 Å². The van der Waals surface area contributed by atoms with Crippen molar-refractivity contribution < 1.29 is 0 Å². The van der Waals surface area contributed by atoms with Crippen molar-refractivity contribution in [2.45, 2.75) is 26.4 Å². The Morgan fingerprint density at radius 2 is 1.52 bits per heavy atom. The summed E-state index contributed by atoms with van der Waals surface area (Å²) < 4.78 is 0. The maximum atomic E-state index is 4.58. The van der Waals surface area contributed by atoms with Crippen LogP contribution in [0, 0.1) is 0 Å². The first-order valence-corrected chi connectivity index (χ1v) is 10.2. The normalized spacial score (nSPS) is 14.3. The number of hydrogen-bond acceptors (Lipinski definition) is 6. The Kier molecular flexibility index (Phi) is 5.89. The van der Waals surface area contributed by atoms with Crippen LogP contribution >= 0.6 is 0 Å². The summed E-state index contributed by atoms with van der Waals surface area (Å²) >= 11 is 0. The topological polar surface area (TPSA) is 48.4 Å². The van der Waals surface area contributed by atoms with Gasteiger partial charge in [-0.2, -0.15) is 0 Å². The summed E-state index contributed by atoms with van der Waals surface area (Å²) in [6, 6.07) is 19.1. The summed E-state index contributed by atoms with van der Waals surface area (Å²) in [5, 5.41) is 0. The number of benzene rings is 1. The van der Waals surface area contributed by atoms with Gasteiger partial charge in [0.25, 0.3) is 0 Å². The van der Waals surface area contributed by atoms with Crippen molar-refractivity contribution in [3.05, 3.63) is 72.7 Å². The molecule has 0 bridgehead atoms. The lowest BCUT2D eigenvalue weighted by Crippen LogP contribution is -2.47. The van der Waals surface area contributed by atoms with Crippen LogP contribution in [0.5, 0.6) is 0 Å². The van der Waals surface area contributed by atoms with Gasteiger partial charge in [0, 0.05) is 51.0 Å². The molecule has 3 heterocycles. The fourth-order valence-corrected chi connectivity index (χ4v) is 3.68. The van der Waals surface area contributed by atoms with E-state index in [1.165, 1.54) is 5.56 Å². The molecule has 1 aliphatic rings. The van der Waals surface area contributed by atoms with Crippen molar-refractivity contribution in [3.8, 4) is 0 Å². The summed E-state index contributed by atoms with van der Waals surface area (Å²) in [6.07, 6.45) is 3.54. The van der Waals surface area contributed by atoms with E-state index in [0.29, 0.717) is 6.04 Å². The average Bonchev–Trinajstić information content (AvgIpc) is 2.79. The van der Waals surface area contributed by atoms with E-state index in [1.54, 1.807) is 6.33 Å². The Bertz CT molecular complexity index is 892. The molecule has 0 radical (unpaired) electrons. The molecule has 1 saturated heterocycles. The van der Waals surface area contributed by atoms with Gasteiger partial charge in [0.2, 0.25) is 0 Å². The van der Waals surface area contributed by atoms with Crippen LogP contribution in [0.3, 0.4) is 0 Å². The molecule has 4 rings (SSSR count). The largest absolute Gasteiger partial charge is 0.353 e. The van der Waals surface area contributed by atoms with Crippen molar-refractivity contribution in [3.63, 3.8) is 0 Å². The zero-order valence-corrected chi connectivity index (χ0v) is 17.1. The van der Waals surface area contributed by atoms with Crippen LogP contribution in [0.4, 0.5) is 17.5 Å². The molecule has 1 aliphatic heterocycles. The number of piperazine rings is 1. The fraction of sp³-hybridized carbons (Fsp3) is 0.348. The van der Waals surface area contributed by atoms with Crippen molar-refractivity contribution in [2.24, 2.45) is 0 Å². The SMILES string of the molecule is CC(C)N(Cc1ccccc1)c1cc(N2CCN(c3ccccn3)CC2)ncn1. The molecule has 3 aromatic rings. The molecule has 2 aromatic heterocycles. The van der Waals surface area contributed by atoms with E-state index >= 15 is 0 Å². The second-order valence-electron chi connectivity index (χ2n) is 7.60. The predicted octanol–water partition coefficient (Wildman–Crippen LogP) is 3.61. The molecule has 0 saturated carbocycles. The van der Waals surface area contributed by atoms with E-state index in [1.807, 2.05) is 18.3 Å². The minimum Gasteiger partial charge on any atom is -0.353 e. The molecule has 0 aliphatic carbocycles. The number of nitrogens with zero attached hydrogens (tertiary/aromatic N) is 6. The first-order valence-electron chi connectivity index (χ1n) is 10.2. The van der Waals surface area contributed by atoms with Gasteiger partial charge in [0.1, 0.15) is 23.8 Å². The van der Waals surface area contributed by atoms with E-state index in [4.69, 9.17) is 0 Å². The minimum atomic E-state index is 0.346. The van der Waals surface area contributed by atoms with Crippen LogP contribution in [-0.2, 0) is 6.54 Å². The highest BCUT2D eigenvalue weighted by atomic mass is 15.3. The molecule has 6 heteroatoms. The zero-order valence-electron chi connectivity index (χ0n) is 17.1. The van der Waals surface area contributed by atoms with Gasteiger partial charge < -0.3 is 14.7 Å². The third-order valence-electron chi connectivity index (χ3n) is 5.33. The maximum absolute atomic E-state index is 4.58. The van der Waals surface area contributed by atoms with E-state index in [-0.39, 0.29) is 0 Å². The molecule has 0 atom stereocenters. The Balaban J connectivity index is 1.47. The van der Waals surface area contributed by atoms with Crippen molar-refractivity contribution in [1.82, 2.24) is 15.0 Å². The van der Waals surface area contributed by atoms with Gasteiger partial charge in [-0.3, -0.25) is 0 Å². The molecule has 150 valence electrons. The Morgan fingerprint density at radius 3 is 2.17 bits per heavy atom. The second kappa shape index (κ2) is 8.90.